The van der Waals surface area contributed by atoms with E-state index < -0.39 is 68.8 Å². The monoisotopic (exact) mass is 1850 g/mol. The zero-order valence-corrected chi connectivity index (χ0v) is 81.5. The molecule has 0 radical (unpaired) electrons. The summed E-state index contributed by atoms with van der Waals surface area (Å²) in [7, 11) is 0. The number of esters is 11. The second kappa shape index (κ2) is 68.6. The second-order valence-electron chi connectivity index (χ2n) is 33.5. The summed E-state index contributed by atoms with van der Waals surface area (Å²) in [5.41, 5.74) is 0.858. The summed E-state index contributed by atoms with van der Waals surface area (Å²) in [6.07, 6.45) is -0.0130. The molecule has 0 amide bonds. The molecule has 35 nitrogen and oxygen atoms in total. The molecule has 0 atom stereocenters. The van der Waals surface area contributed by atoms with E-state index in [0.717, 1.165) is 31.2 Å². The molecule has 0 unspecified atom stereocenters. The minimum atomic E-state index is -0.909. The molecule has 0 saturated heterocycles. The van der Waals surface area contributed by atoms with Crippen LogP contribution in [0.4, 0.5) is 14.4 Å². The molecular weight excluding hydrogens is 1700 g/mol. The van der Waals surface area contributed by atoms with Crippen molar-refractivity contribution in [1.29, 1.82) is 0 Å². The highest BCUT2D eigenvalue weighted by molar-refractivity contribution is 5.77. The van der Waals surface area contributed by atoms with E-state index in [-0.39, 0.29) is 182 Å². The first-order chi connectivity index (χ1) is 59.9. The molecule has 2 aliphatic heterocycles. The van der Waals surface area contributed by atoms with Crippen LogP contribution in [0.15, 0.2) is 103 Å². The van der Waals surface area contributed by atoms with Gasteiger partial charge in [0.15, 0.2) is 30.5 Å². The molecule has 5 rings (SSSR count). The maximum atomic E-state index is 11.5. The second-order valence-corrected chi connectivity index (χ2v) is 33.5. The van der Waals surface area contributed by atoms with Crippen LogP contribution in [0.1, 0.15) is 260 Å². The molecule has 0 N–H and O–H groups in total. The first-order valence-electron chi connectivity index (χ1n) is 43.2. The molecule has 35 heteroatoms. The average Bonchev–Trinajstić information content (AvgIpc) is 1.69. The van der Waals surface area contributed by atoms with E-state index in [1.807, 2.05) is 71.9 Å². The van der Waals surface area contributed by atoms with Crippen LogP contribution in [0, 0.1) is 82.9 Å². The molecule has 0 bridgehead atoms. The maximum Gasteiger partial charge on any atom is 0.516 e. The van der Waals surface area contributed by atoms with Gasteiger partial charge in [-0.3, -0.25) is 52.7 Å². The van der Waals surface area contributed by atoms with Gasteiger partial charge in [0.25, 0.3) is 11.9 Å². The predicted molar refractivity (Wildman–Crippen MR) is 477 cm³/mol. The lowest BCUT2D eigenvalue weighted by Crippen LogP contribution is -2.32. The zero-order valence-electron chi connectivity index (χ0n) is 81.5. The number of carbonyl (C=O) groups excluding carboxylic acids is 14. The van der Waals surface area contributed by atoms with E-state index in [2.05, 4.69) is 41.6 Å². The molecule has 0 aromatic heterocycles. The summed E-state index contributed by atoms with van der Waals surface area (Å²) in [6.45, 7) is 60.3. The Balaban J connectivity index is -0.000000698. The summed E-state index contributed by atoms with van der Waals surface area (Å²) in [5.74, 6) is -3.54. The van der Waals surface area contributed by atoms with E-state index in [1.54, 1.807) is 203 Å². The standard InChI is InChI=1S/C15H16O4.C12H20O5.C12H14O5.3C12H22O4.C10H14O4.C9H16O5.CH4/c1-10(2)15(16)17-9-13-14(19-11(3)18-13)12-7-5-4-6-8-12;2*1-9(2)11(13)15-8-16-12(14)17-10-6-4-3-5-7-10;3*1-7(2)10(13)15-12(9(5)6)16-11(14)8(3)4;1-6(2)10(11)12-5-9-7(3)13-8(4)14-9;1-6(2)8(10)12-5-13-9(11)14-7(3)4;/h4-8,10H,3,9H2,1-2H3;9-10H,3-8H2,1-2H3;3-7,9H,8H2,1-2H3;3*7-9,12H,1-6H3;6H,4-5H2,1-3H3;6-7H,5H2,1-4H3;1H4. The molecule has 0 spiro atoms. The third kappa shape index (κ3) is 60.4. The summed E-state index contributed by atoms with van der Waals surface area (Å²) < 4.78 is 104. The van der Waals surface area contributed by atoms with Crippen molar-refractivity contribution in [2.75, 3.05) is 33.6 Å². The number of rotatable bonds is 34. The molecule has 3 aliphatic rings. The number of para-hydroxylation sites is 1. The van der Waals surface area contributed by atoms with E-state index in [1.165, 1.54) is 6.42 Å². The van der Waals surface area contributed by atoms with Crippen LogP contribution in [0.5, 0.6) is 5.75 Å². The summed E-state index contributed by atoms with van der Waals surface area (Å²) in [5, 5.41) is 0. The van der Waals surface area contributed by atoms with Crippen molar-refractivity contribution in [2.45, 2.75) is 285 Å². The Morgan fingerprint density at radius 3 is 0.885 bits per heavy atom. The minimum absolute atomic E-state index is 0. The lowest BCUT2D eigenvalue weighted by Gasteiger charge is -2.23. The highest BCUT2D eigenvalue weighted by Gasteiger charge is 2.31. The van der Waals surface area contributed by atoms with Crippen LogP contribution in [0.2, 0.25) is 0 Å². The van der Waals surface area contributed by atoms with Gasteiger partial charge in [0.1, 0.15) is 17.6 Å². The molecule has 1 fully saturated rings. The largest absolute Gasteiger partial charge is 0.516 e. The topological polar surface area (TPSA) is 433 Å². The predicted octanol–water partition coefficient (Wildman–Crippen LogP) is 19.4. The Morgan fingerprint density at radius 1 is 0.315 bits per heavy atom. The first-order valence-corrected chi connectivity index (χ1v) is 43.2. The Hall–Kier alpha value is -11.4. The van der Waals surface area contributed by atoms with E-state index in [4.69, 9.17) is 71.1 Å². The molecular formula is C95H150O35. The molecule has 740 valence electrons. The molecule has 1 aliphatic carbocycles. The quantitative estimate of drug-likeness (QED) is 0.0272. The van der Waals surface area contributed by atoms with Gasteiger partial charge in [0.2, 0.25) is 39.2 Å². The third-order valence-corrected chi connectivity index (χ3v) is 15.8. The smallest absolute Gasteiger partial charge is 0.457 e. The van der Waals surface area contributed by atoms with Crippen molar-refractivity contribution < 1.29 is 167 Å². The van der Waals surface area contributed by atoms with Gasteiger partial charge in [-0.2, -0.15) is 0 Å². The Morgan fingerprint density at radius 2 is 0.592 bits per heavy atom. The number of carbonyl (C=O) groups is 14. The highest BCUT2D eigenvalue weighted by Crippen LogP contribution is 2.32. The Kier molecular flexibility index (Phi) is 65.9. The Labute approximate surface area is 769 Å². The van der Waals surface area contributed by atoms with E-state index >= 15 is 0 Å². The lowest BCUT2D eigenvalue weighted by molar-refractivity contribution is -0.201. The van der Waals surface area contributed by atoms with Crippen LogP contribution < -0.4 is 4.74 Å². The normalized spacial score (nSPS) is 12.5. The summed E-state index contributed by atoms with van der Waals surface area (Å²) in [6, 6.07) is 17.9. The summed E-state index contributed by atoms with van der Waals surface area (Å²) in [4.78, 5) is 157. The van der Waals surface area contributed by atoms with Gasteiger partial charge in [-0.15, -0.1) is 0 Å². The molecule has 2 aromatic carbocycles. The highest BCUT2D eigenvalue weighted by atomic mass is 16.8. The maximum absolute atomic E-state index is 11.5. The molecule has 1 saturated carbocycles. The number of allylic oxidation sites excluding steroid dienone is 1. The van der Waals surface area contributed by atoms with Crippen LogP contribution in [-0.2, 0) is 147 Å². The first kappa shape index (κ1) is 125. The van der Waals surface area contributed by atoms with Crippen LogP contribution in [0.25, 0.3) is 5.76 Å². The van der Waals surface area contributed by atoms with Crippen molar-refractivity contribution in [2.24, 2.45) is 82.9 Å². The number of benzene rings is 2. The fraction of sp³-hybridized carbons (Fsp3) is 0.642. The third-order valence-electron chi connectivity index (χ3n) is 15.8. The summed E-state index contributed by atoms with van der Waals surface area (Å²) >= 11 is 0. The number of hydrogen-bond acceptors (Lipinski definition) is 35. The van der Waals surface area contributed by atoms with Gasteiger partial charge in [-0.05, 0) is 71.7 Å². The van der Waals surface area contributed by atoms with Gasteiger partial charge >= 0.3 is 84.1 Å². The SMILES string of the molecule is C.C=C1OC(C)=C(COC(=O)C(C)C)O1.C=C1OC(COC(=O)C(C)C)=C(c2ccccc2)O1.CC(C)C(=O)OC(OC(=O)C(C)C)C(C)C.CC(C)C(=O)OC(OC(=O)C(C)C)C(C)C.CC(C)C(=O)OC(OC(=O)C(C)C)C(C)C.CC(C)C(=O)OCOC(=O)OC1CCCCC1.CC(C)C(=O)OCOC(=O)Oc1ccccc1.CC(C)OC(=O)OCOC(=O)C(C)C. The molecule has 2 aromatic rings. The van der Waals surface area contributed by atoms with Crippen molar-refractivity contribution in [1.82, 2.24) is 0 Å². The molecule has 130 heavy (non-hydrogen) atoms. The zero-order chi connectivity index (χ0) is 99.7. The van der Waals surface area contributed by atoms with Gasteiger partial charge in [-0.25, -0.2) is 14.4 Å². The van der Waals surface area contributed by atoms with Crippen LogP contribution >= 0.6 is 0 Å². The van der Waals surface area contributed by atoms with Crippen molar-refractivity contribution in [3.8, 4) is 5.75 Å². The van der Waals surface area contributed by atoms with E-state index in [9.17, 15) is 67.1 Å². The van der Waals surface area contributed by atoms with Crippen LogP contribution in [0.3, 0.4) is 0 Å². The van der Waals surface area contributed by atoms with Gasteiger partial charge < -0.3 is 99.5 Å². The van der Waals surface area contributed by atoms with Gasteiger partial charge in [0.05, 0.1) is 71.2 Å². The fourth-order valence-electron chi connectivity index (χ4n) is 7.97. The van der Waals surface area contributed by atoms with Crippen molar-refractivity contribution in [3.05, 3.63) is 109 Å². The number of hydrogen-bond donors (Lipinski definition) is 0. The van der Waals surface area contributed by atoms with Crippen molar-refractivity contribution in [3.63, 3.8) is 0 Å². The fourth-order valence-corrected chi connectivity index (χ4v) is 7.97. The average molecular weight is 1850 g/mol. The minimum Gasteiger partial charge on any atom is -0.457 e. The molecule has 2 heterocycles. The van der Waals surface area contributed by atoms with Gasteiger partial charge in [0, 0.05) is 23.3 Å². The van der Waals surface area contributed by atoms with Crippen molar-refractivity contribution >= 4 is 89.9 Å². The lowest BCUT2D eigenvalue weighted by atomic mass is 9.98. The van der Waals surface area contributed by atoms with Crippen LogP contribution in [-0.4, -0.2) is 149 Å². The van der Waals surface area contributed by atoms with E-state index in [0.29, 0.717) is 28.8 Å². The Bertz CT molecular complexity index is 3610. The van der Waals surface area contributed by atoms with Gasteiger partial charge in [-0.1, -0.05) is 256 Å². The number of ether oxygens (including phenoxy) is 21.